The summed E-state index contributed by atoms with van der Waals surface area (Å²) in [5, 5.41) is 14.0. The van der Waals surface area contributed by atoms with Gasteiger partial charge in [0.05, 0.1) is 30.4 Å². The van der Waals surface area contributed by atoms with Crippen molar-refractivity contribution in [3.05, 3.63) is 96.1 Å². The van der Waals surface area contributed by atoms with Crippen LogP contribution in [0.2, 0.25) is 0 Å². The second-order valence-corrected chi connectivity index (χ2v) is 7.21. The van der Waals surface area contributed by atoms with E-state index in [4.69, 9.17) is 0 Å². The molecule has 2 aromatic carbocycles. The molecule has 0 saturated heterocycles. The van der Waals surface area contributed by atoms with E-state index < -0.39 is 0 Å². The Kier molecular flexibility index (Phi) is 5.93. The minimum atomic E-state index is -0.180. The van der Waals surface area contributed by atoms with Gasteiger partial charge in [-0.15, -0.1) is 0 Å². The molecule has 2 heterocycles. The molecular weight excluding hydrogens is 388 g/mol. The summed E-state index contributed by atoms with van der Waals surface area (Å²) in [7, 11) is 0. The van der Waals surface area contributed by atoms with E-state index in [2.05, 4.69) is 39.0 Å². The smallest absolute Gasteiger partial charge is 0.255 e. The molecule has 0 atom stereocenters. The monoisotopic (exact) mass is 412 g/mol. The van der Waals surface area contributed by atoms with Crippen LogP contribution in [0.15, 0.2) is 79.3 Å². The summed E-state index contributed by atoms with van der Waals surface area (Å²) in [6.45, 7) is 4.53. The van der Waals surface area contributed by atoms with Crippen LogP contribution in [-0.2, 0) is 0 Å². The lowest BCUT2D eigenvalue weighted by Gasteiger charge is -2.10. The lowest BCUT2D eigenvalue weighted by molar-refractivity contribution is 0.102. The minimum Gasteiger partial charge on any atom is -0.368 e. The maximum absolute atomic E-state index is 12.6. The molecule has 0 unspecified atom stereocenters. The van der Waals surface area contributed by atoms with Crippen LogP contribution in [0.5, 0.6) is 0 Å². The zero-order valence-corrected chi connectivity index (χ0v) is 17.5. The second kappa shape index (κ2) is 9.13. The Morgan fingerprint density at radius 3 is 2.68 bits per heavy atom. The van der Waals surface area contributed by atoms with Crippen LogP contribution >= 0.6 is 0 Å². The van der Waals surface area contributed by atoms with E-state index in [0.717, 1.165) is 28.4 Å². The van der Waals surface area contributed by atoms with Gasteiger partial charge in [0.15, 0.2) is 0 Å². The predicted octanol–water partition coefficient (Wildman–Crippen LogP) is 4.62. The summed E-state index contributed by atoms with van der Waals surface area (Å²) in [6, 6.07) is 19.1. The molecule has 0 bridgehead atoms. The van der Waals surface area contributed by atoms with Crippen LogP contribution in [0.4, 0.5) is 17.1 Å². The quantitative estimate of drug-likeness (QED) is 0.386. The summed E-state index contributed by atoms with van der Waals surface area (Å²) in [5.74, 6) is -0.180. The molecule has 0 radical (unpaired) electrons. The Morgan fingerprint density at radius 1 is 0.968 bits per heavy atom. The van der Waals surface area contributed by atoms with Crippen molar-refractivity contribution in [2.75, 3.05) is 22.6 Å². The van der Waals surface area contributed by atoms with Crippen molar-refractivity contribution in [1.82, 2.24) is 14.8 Å². The number of anilines is 3. The second-order valence-electron chi connectivity index (χ2n) is 7.21. The number of carbonyl (C=O) groups excluding carboxylic acids is 1. The highest BCUT2D eigenvalue weighted by Gasteiger charge is 2.09. The maximum atomic E-state index is 12.6. The summed E-state index contributed by atoms with van der Waals surface area (Å²) in [4.78, 5) is 16.8. The predicted molar refractivity (Wildman–Crippen MR) is 124 cm³/mol. The molecule has 0 fully saturated rings. The molecule has 4 rings (SSSR count). The first kappa shape index (κ1) is 20.2. The number of aromatic nitrogens is 3. The molecule has 4 aromatic rings. The van der Waals surface area contributed by atoms with Gasteiger partial charge in [-0.05, 0) is 55.8 Å². The molecule has 3 N–H and O–H groups in total. The average Bonchev–Trinajstić information content (AvgIpc) is 3.24. The third kappa shape index (κ3) is 5.08. The van der Waals surface area contributed by atoms with Gasteiger partial charge in [-0.1, -0.05) is 24.3 Å². The minimum absolute atomic E-state index is 0.180. The van der Waals surface area contributed by atoms with Gasteiger partial charge in [0, 0.05) is 28.8 Å². The fourth-order valence-electron chi connectivity index (χ4n) is 3.18. The Labute approximate surface area is 181 Å². The summed E-state index contributed by atoms with van der Waals surface area (Å²) in [6.07, 6.45) is 5.32. The van der Waals surface area contributed by atoms with Crippen LogP contribution in [0.1, 0.15) is 21.6 Å². The third-order valence-corrected chi connectivity index (χ3v) is 4.83. The van der Waals surface area contributed by atoms with Crippen LogP contribution in [0, 0.1) is 13.8 Å². The lowest BCUT2D eigenvalue weighted by Crippen LogP contribution is -2.12. The summed E-state index contributed by atoms with van der Waals surface area (Å²) in [5.41, 5.74) is 6.08. The molecule has 2 aromatic heterocycles. The number of hydrogen-bond acceptors (Lipinski definition) is 5. The molecule has 31 heavy (non-hydrogen) atoms. The van der Waals surface area contributed by atoms with E-state index in [0.29, 0.717) is 12.2 Å². The highest BCUT2D eigenvalue weighted by Crippen LogP contribution is 2.16. The maximum Gasteiger partial charge on any atom is 0.255 e. The standard InChI is InChI=1S/C24H24N6O/c1-17-6-3-4-9-23(17)27-16-26-21-14-28-30(15-21)22-8-5-7-19(13-22)24(31)29-20-10-11-25-18(2)12-20/h3-15,26-27H,16H2,1-2H3,(H,25,29,31). The van der Waals surface area contributed by atoms with Crippen LogP contribution in [0.3, 0.4) is 0 Å². The van der Waals surface area contributed by atoms with E-state index >= 15 is 0 Å². The Morgan fingerprint density at radius 2 is 1.84 bits per heavy atom. The molecule has 0 aliphatic carbocycles. The molecule has 7 nitrogen and oxygen atoms in total. The number of amides is 1. The van der Waals surface area contributed by atoms with Gasteiger partial charge < -0.3 is 16.0 Å². The molecule has 0 saturated carbocycles. The number of aryl methyl sites for hydroxylation is 2. The molecular formula is C24H24N6O. The molecule has 0 aliphatic heterocycles. The van der Waals surface area contributed by atoms with E-state index in [9.17, 15) is 4.79 Å². The number of hydrogen-bond donors (Lipinski definition) is 3. The number of pyridine rings is 1. The third-order valence-electron chi connectivity index (χ3n) is 4.83. The number of carbonyl (C=O) groups is 1. The number of rotatable bonds is 7. The fraction of sp³-hybridized carbons (Fsp3) is 0.125. The van der Waals surface area contributed by atoms with Crippen molar-refractivity contribution < 1.29 is 4.79 Å². The van der Waals surface area contributed by atoms with Crippen molar-refractivity contribution >= 4 is 23.0 Å². The first-order chi connectivity index (χ1) is 15.1. The zero-order chi connectivity index (χ0) is 21.6. The molecule has 0 aliphatic rings. The van der Waals surface area contributed by atoms with E-state index in [1.54, 1.807) is 29.2 Å². The average molecular weight is 412 g/mol. The van der Waals surface area contributed by atoms with Crippen molar-refractivity contribution in [1.29, 1.82) is 0 Å². The Hall–Kier alpha value is -4.13. The lowest BCUT2D eigenvalue weighted by atomic mass is 10.2. The molecule has 7 heteroatoms. The number of benzene rings is 2. The summed E-state index contributed by atoms with van der Waals surface area (Å²) < 4.78 is 1.74. The van der Waals surface area contributed by atoms with Crippen molar-refractivity contribution in [2.24, 2.45) is 0 Å². The highest BCUT2D eigenvalue weighted by molar-refractivity contribution is 6.04. The van der Waals surface area contributed by atoms with Gasteiger partial charge >= 0.3 is 0 Å². The van der Waals surface area contributed by atoms with Gasteiger partial charge in [-0.3, -0.25) is 9.78 Å². The van der Waals surface area contributed by atoms with Gasteiger partial charge in [0.1, 0.15) is 0 Å². The normalized spacial score (nSPS) is 10.5. The highest BCUT2D eigenvalue weighted by atomic mass is 16.1. The summed E-state index contributed by atoms with van der Waals surface area (Å²) >= 11 is 0. The topological polar surface area (TPSA) is 83.9 Å². The van der Waals surface area contributed by atoms with E-state index in [1.807, 2.05) is 55.6 Å². The number of nitrogens with zero attached hydrogens (tertiary/aromatic N) is 3. The molecule has 1 amide bonds. The first-order valence-electron chi connectivity index (χ1n) is 10.0. The zero-order valence-electron chi connectivity index (χ0n) is 17.5. The first-order valence-corrected chi connectivity index (χ1v) is 10.0. The van der Waals surface area contributed by atoms with E-state index in [1.165, 1.54) is 5.56 Å². The van der Waals surface area contributed by atoms with Gasteiger partial charge in [-0.25, -0.2) is 4.68 Å². The number of para-hydroxylation sites is 1. The Bertz CT molecular complexity index is 1200. The number of nitrogens with one attached hydrogen (secondary N) is 3. The van der Waals surface area contributed by atoms with Crippen LogP contribution < -0.4 is 16.0 Å². The van der Waals surface area contributed by atoms with Crippen LogP contribution in [-0.4, -0.2) is 27.3 Å². The fourth-order valence-corrected chi connectivity index (χ4v) is 3.18. The van der Waals surface area contributed by atoms with Gasteiger partial charge in [0.25, 0.3) is 5.91 Å². The van der Waals surface area contributed by atoms with Crippen molar-refractivity contribution in [3.63, 3.8) is 0 Å². The van der Waals surface area contributed by atoms with Crippen molar-refractivity contribution in [2.45, 2.75) is 13.8 Å². The SMILES string of the molecule is Cc1cc(NC(=O)c2cccc(-n3cc(NCNc4ccccc4C)cn3)c2)ccn1. The van der Waals surface area contributed by atoms with E-state index in [-0.39, 0.29) is 5.91 Å². The van der Waals surface area contributed by atoms with Gasteiger partial charge in [-0.2, -0.15) is 5.10 Å². The largest absolute Gasteiger partial charge is 0.368 e. The van der Waals surface area contributed by atoms with Crippen LogP contribution in [0.25, 0.3) is 5.69 Å². The molecule has 156 valence electrons. The van der Waals surface area contributed by atoms with Gasteiger partial charge in [0.2, 0.25) is 0 Å². The molecule has 0 spiro atoms. The Balaban J connectivity index is 1.40. The van der Waals surface area contributed by atoms with Crippen molar-refractivity contribution in [3.8, 4) is 5.69 Å².